The number of hydrogen-bond acceptors (Lipinski definition) is 4. The first-order valence-corrected chi connectivity index (χ1v) is 8.81. The van der Waals surface area contributed by atoms with Crippen LogP contribution in [0.15, 0.2) is 53.8 Å². The van der Waals surface area contributed by atoms with Crippen molar-refractivity contribution >= 4 is 28.6 Å². The van der Waals surface area contributed by atoms with E-state index in [1.165, 1.54) is 0 Å². The van der Waals surface area contributed by atoms with Gasteiger partial charge in [-0.1, -0.05) is 18.1 Å². The Morgan fingerprint density at radius 1 is 1.34 bits per heavy atom. The highest BCUT2D eigenvalue weighted by molar-refractivity contribution is 6.03. The van der Waals surface area contributed by atoms with E-state index in [0.29, 0.717) is 18.8 Å². The normalized spacial score (nSPS) is 10.7. The molecule has 3 rings (SSSR count). The van der Waals surface area contributed by atoms with Crippen molar-refractivity contribution in [2.24, 2.45) is 10.7 Å². The molecule has 144 valence electrons. The molecule has 1 aromatic carbocycles. The average Bonchev–Trinajstić information content (AvgIpc) is 3.18. The van der Waals surface area contributed by atoms with Crippen molar-refractivity contribution in [3.8, 4) is 18.0 Å². The van der Waals surface area contributed by atoms with Gasteiger partial charge in [-0.2, -0.15) is 5.26 Å². The molecule has 0 atom stereocenters. The maximum Gasteiger partial charge on any atom is 0.300 e. The number of nitriles is 1. The minimum Gasteiger partial charge on any atom is -0.369 e. The number of nitrogens with one attached hydrogen (secondary N) is 2. The molecule has 0 aliphatic rings. The van der Waals surface area contributed by atoms with Gasteiger partial charge >= 0.3 is 0 Å². The number of benzene rings is 1. The monoisotopic (exact) mass is 385 g/mol. The van der Waals surface area contributed by atoms with Gasteiger partial charge in [-0.25, -0.2) is 4.98 Å². The van der Waals surface area contributed by atoms with Gasteiger partial charge in [-0.05, 0) is 48.2 Å². The van der Waals surface area contributed by atoms with E-state index >= 15 is 0 Å². The number of H-pyrrole nitrogens is 1. The fraction of sp³-hybridized carbons (Fsp3) is 0.143. The predicted octanol–water partition coefficient (Wildman–Crippen LogP) is 2.32. The number of anilines is 1. The maximum absolute atomic E-state index is 11.7. The molecule has 0 fully saturated rings. The first-order chi connectivity index (χ1) is 14.1. The molecular weight excluding hydrogens is 366 g/mol. The molecule has 2 heterocycles. The number of aliphatic imine (C=N–C) groups is 1. The Hall–Kier alpha value is -4.30. The summed E-state index contributed by atoms with van der Waals surface area (Å²) in [6.45, 7) is 2.44. The number of fused-ring (bicyclic) bond motifs is 1. The lowest BCUT2D eigenvalue weighted by Crippen LogP contribution is -2.36. The van der Waals surface area contributed by atoms with E-state index in [0.717, 1.165) is 22.2 Å². The standard InChI is InChI=1S/C21H19N7O/c1-2-4-19(29)27-17-6-3-5-15(11-17)12-28(21(23)26-14-22)13-16-7-9-24-20-18(16)8-10-25-20/h3,5-11H,12-13H2,1H3,(H2,23,26)(H,24,25)(H,27,29). The molecule has 0 bridgehead atoms. The van der Waals surface area contributed by atoms with Crippen LogP contribution in [0.2, 0.25) is 0 Å². The zero-order valence-corrected chi connectivity index (χ0v) is 15.8. The first-order valence-electron chi connectivity index (χ1n) is 8.81. The number of carbonyl (C=O) groups excluding carboxylic acids is 1. The summed E-state index contributed by atoms with van der Waals surface area (Å²) < 4.78 is 0. The summed E-state index contributed by atoms with van der Waals surface area (Å²) in [5.74, 6) is 4.74. The number of hydrogen-bond donors (Lipinski definition) is 3. The number of amides is 1. The fourth-order valence-corrected chi connectivity index (χ4v) is 2.95. The zero-order chi connectivity index (χ0) is 20.6. The minimum absolute atomic E-state index is 0.110. The van der Waals surface area contributed by atoms with E-state index in [4.69, 9.17) is 11.0 Å². The molecular formula is C21H19N7O. The van der Waals surface area contributed by atoms with Crippen LogP contribution in [0.3, 0.4) is 0 Å². The topological polar surface area (TPSA) is 123 Å². The van der Waals surface area contributed by atoms with Gasteiger partial charge in [0.05, 0.1) is 0 Å². The van der Waals surface area contributed by atoms with E-state index in [1.807, 2.05) is 36.5 Å². The lowest BCUT2D eigenvalue weighted by Gasteiger charge is -2.23. The van der Waals surface area contributed by atoms with Crippen LogP contribution in [0, 0.1) is 23.3 Å². The third-order valence-electron chi connectivity index (χ3n) is 4.20. The summed E-state index contributed by atoms with van der Waals surface area (Å²) in [5, 5.41) is 12.6. The number of nitrogens with two attached hydrogens (primary N) is 1. The van der Waals surface area contributed by atoms with Gasteiger partial charge in [0.15, 0.2) is 0 Å². The van der Waals surface area contributed by atoms with Crippen LogP contribution in [0.1, 0.15) is 18.1 Å². The van der Waals surface area contributed by atoms with Gasteiger partial charge in [0.2, 0.25) is 12.2 Å². The van der Waals surface area contributed by atoms with Crippen molar-refractivity contribution < 1.29 is 4.79 Å². The number of aromatic amines is 1. The van der Waals surface area contributed by atoms with Crippen LogP contribution in [0.25, 0.3) is 11.0 Å². The summed E-state index contributed by atoms with van der Waals surface area (Å²) in [6.07, 6.45) is 5.27. The zero-order valence-electron chi connectivity index (χ0n) is 15.8. The third-order valence-corrected chi connectivity index (χ3v) is 4.20. The van der Waals surface area contributed by atoms with Gasteiger partial charge in [-0.15, -0.1) is 4.99 Å². The van der Waals surface area contributed by atoms with Gasteiger partial charge in [-0.3, -0.25) is 4.79 Å². The molecule has 1 amide bonds. The van der Waals surface area contributed by atoms with Crippen LogP contribution < -0.4 is 11.1 Å². The van der Waals surface area contributed by atoms with Crippen LogP contribution in [0.5, 0.6) is 0 Å². The van der Waals surface area contributed by atoms with E-state index in [1.54, 1.807) is 30.3 Å². The smallest absolute Gasteiger partial charge is 0.300 e. The molecule has 8 nitrogen and oxygen atoms in total. The molecule has 0 unspecified atom stereocenters. The molecule has 0 saturated carbocycles. The summed E-state index contributed by atoms with van der Waals surface area (Å²) in [4.78, 5) is 24.6. The maximum atomic E-state index is 11.7. The van der Waals surface area contributed by atoms with Gasteiger partial charge < -0.3 is 20.9 Å². The van der Waals surface area contributed by atoms with Gasteiger partial charge in [0, 0.05) is 36.6 Å². The number of rotatable bonds is 5. The summed E-state index contributed by atoms with van der Waals surface area (Å²) >= 11 is 0. The van der Waals surface area contributed by atoms with Gasteiger partial charge in [0.1, 0.15) is 5.65 Å². The predicted molar refractivity (Wildman–Crippen MR) is 111 cm³/mol. The second kappa shape index (κ2) is 9.07. The lowest BCUT2D eigenvalue weighted by molar-refractivity contribution is -0.111. The molecule has 29 heavy (non-hydrogen) atoms. The molecule has 0 aliphatic heterocycles. The minimum atomic E-state index is -0.376. The van der Waals surface area contributed by atoms with Crippen molar-refractivity contribution in [3.05, 3.63) is 59.9 Å². The number of pyridine rings is 1. The van der Waals surface area contributed by atoms with Crippen molar-refractivity contribution in [3.63, 3.8) is 0 Å². The Balaban J connectivity index is 1.86. The van der Waals surface area contributed by atoms with Crippen molar-refractivity contribution in [1.82, 2.24) is 14.9 Å². The first kappa shape index (κ1) is 19.5. The van der Waals surface area contributed by atoms with Crippen LogP contribution >= 0.6 is 0 Å². The van der Waals surface area contributed by atoms with E-state index in [-0.39, 0.29) is 11.9 Å². The van der Waals surface area contributed by atoms with Crippen LogP contribution in [-0.4, -0.2) is 26.7 Å². The van der Waals surface area contributed by atoms with E-state index < -0.39 is 0 Å². The number of aromatic nitrogens is 2. The molecule has 2 aromatic heterocycles. The average molecular weight is 385 g/mol. The van der Waals surface area contributed by atoms with Crippen molar-refractivity contribution in [1.29, 1.82) is 5.26 Å². The van der Waals surface area contributed by atoms with Gasteiger partial charge in [0.25, 0.3) is 5.91 Å². The summed E-state index contributed by atoms with van der Waals surface area (Å²) in [7, 11) is 0. The van der Waals surface area contributed by atoms with Crippen LogP contribution in [-0.2, 0) is 17.9 Å². The molecule has 4 N–H and O–H groups in total. The summed E-state index contributed by atoms with van der Waals surface area (Å²) in [6, 6.07) is 11.2. The largest absolute Gasteiger partial charge is 0.369 e. The second-order valence-corrected chi connectivity index (χ2v) is 6.17. The van der Waals surface area contributed by atoms with E-state index in [9.17, 15) is 4.79 Å². The quantitative estimate of drug-likeness (QED) is 0.269. The van der Waals surface area contributed by atoms with Crippen molar-refractivity contribution in [2.75, 3.05) is 5.32 Å². The molecule has 0 spiro atoms. The Kier molecular flexibility index (Phi) is 6.08. The Morgan fingerprint density at radius 3 is 3.00 bits per heavy atom. The van der Waals surface area contributed by atoms with E-state index in [2.05, 4.69) is 32.1 Å². The Morgan fingerprint density at radius 2 is 2.21 bits per heavy atom. The molecule has 0 radical (unpaired) electrons. The highest BCUT2D eigenvalue weighted by atomic mass is 16.1. The SMILES string of the molecule is CC#CC(=O)Nc1cccc(CN(Cc2ccnc3[nH]ccc23)C(N)=NC#N)c1. The third kappa shape index (κ3) is 4.90. The Labute approximate surface area is 168 Å². The van der Waals surface area contributed by atoms with Crippen LogP contribution in [0.4, 0.5) is 5.69 Å². The highest BCUT2D eigenvalue weighted by Crippen LogP contribution is 2.19. The molecule has 8 heteroatoms. The molecule has 3 aromatic rings. The number of carbonyl (C=O) groups is 1. The second-order valence-electron chi connectivity index (χ2n) is 6.17. The lowest BCUT2D eigenvalue weighted by atomic mass is 10.1. The highest BCUT2D eigenvalue weighted by Gasteiger charge is 2.13. The fourth-order valence-electron chi connectivity index (χ4n) is 2.95. The Bertz CT molecular complexity index is 1160. The molecule has 0 saturated heterocycles. The number of nitrogens with zero attached hydrogens (tertiary/aromatic N) is 4. The van der Waals surface area contributed by atoms with Crippen molar-refractivity contribution in [2.45, 2.75) is 20.0 Å². The summed E-state index contributed by atoms with van der Waals surface area (Å²) in [5.41, 5.74) is 9.34. The molecule has 0 aliphatic carbocycles. The number of guanidine groups is 1.